The third-order valence-electron chi connectivity index (χ3n) is 4.60. The van der Waals surface area contributed by atoms with E-state index in [-0.39, 0.29) is 17.2 Å². The summed E-state index contributed by atoms with van der Waals surface area (Å²) in [6.07, 6.45) is 0.623. The summed E-state index contributed by atoms with van der Waals surface area (Å²) in [5.41, 5.74) is 4.50. The number of fused-ring (bicyclic) bond motifs is 1. The molecular formula is C22H17NO4S. The monoisotopic (exact) mass is 391 g/mol. The molecule has 1 N–H and O–H groups in total. The molecule has 28 heavy (non-hydrogen) atoms. The molecule has 0 aliphatic heterocycles. The number of ether oxygens (including phenoxy) is 1. The van der Waals surface area contributed by atoms with Crippen LogP contribution in [0.1, 0.15) is 20.0 Å². The second kappa shape index (κ2) is 7.42. The van der Waals surface area contributed by atoms with Crippen molar-refractivity contribution in [2.75, 3.05) is 7.11 Å². The van der Waals surface area contributed by atoms with Crippen LogP contribution < -0.4 is 0 Å². The number of methoxy groups -OCH3 is 1. The first-order valence-corrected chi connectivity index (χ1v) is 9.46. The topological polar surface area (TPSA) is 68.5 Å². The Bertz CT molecular complexity index is 1160. The zero-order valence-corrected chi connectivity index (χ0v) is 15.9. The Balaban J connectivity index is 2.20. The highest BCUT2D eigenvalue weighted by molar-refractivity contribution is 7.21. The molecule has 0 amide bonds. The number of carbonyl (C=O) groups is 2. The fourth-order valence-electron chi connectivity index (χ4n) is 3.52. The van der Waals surface area contributed by atoms with Gasteiger partial charge in [0.15, 0.2) is 6.29 Å². The van der Waals surface area contributed by atoms with Gasteiger partial charge in [-0.3, -0.25) is 4.79 Å². The van der Waals surface area contributed by atoms with E-state index in [9.17, 15) is 14.7 Å². The maximum Gasteiger partial charge on any atom is 0.346 e. The van der Waals surface area contributed by atoms with Gasteiger partial charge in [0, 0.05) is 12.7 Å². The standard InChI is InChI=1S/C22H17NO4S/c1-27-13-23-18(15-10-6-3-7-11-15)17(14-8-4-2-5-9-14)21-19(23)16(12-24)20(28-21)22(25)26/h2-12H,13H2,1H3,(H,25,26). The Morgan fingerprint density at radius 2 is 1.68 bits per heavy atom. The molecule has 2 heterocycles. The number of benzene rings is 2. The van der Waals surface area contributed by atoms with E-state index in [2.05, 4.69) is 0 Å². The maximum atomic E-state index is 11.8. The lowest BCUT2D eigenvalue weighted by Gasteiger charge is -2.13. The first-order valence-electron chi connectivity index (χ1n) is 8.64. The summed E-state index contributed by atoms with van der Waals surface area (Å²) in [6.45, 7) is 0.199. The highest BCUT2D eigenvalue weighted by atomic mass is 32.1. The van der Waals surface area contributed by atoms with Crippen LogP contribution in [0.15, 0.2) is 60.7 Å². The number of aromatic carboxylic acids is 1. The van der Waals surface area contributed by atoms with E-state index < -0.39 is 5.97 Å². The first-order chi connectivity index (χ1) is 13.7. The number of nitrogens with zero attached hydrogens (tertiary/aromatic N) is 1. The first kappa shape index (κ1) is 18.2. The summed E-state index contributed by atoms with van der Waals surface area (Å²) in [5.74, 6) is -1.10. The number of aldehydes is 1. The van der Waals surface area contributed by atoms with Gasteiger partial charge in [-0.15, -0.1) is 11.3 Å². The Morgan fingerprint density at radius 3 is 2.21 bits per heavy atom. The predicted molar refractivity (Wildman–Crippen MR) is 110 cm³/mol. The molecule has 0 radical (unpaired) electrons. The minimum absolute atomic E-state index is 0.0432. The van der Waals surface area contributed by atoms with Crippen LogP contribution in [-0.2, 0) is 11.5 Å². The third kappa shape index (κ3) is 2.83. The number of aromatic nitrogens is 1. The van der Waals surface area contributed by atoms with E-state index in [1.165, 1.54) is 0 Å². The van der Waals surface area contributed by atoms with Gasteiger partial charge in [0.2, 0.25) is 0 Å². The number of hydrogen-bond donors (Lipinski definition) is 1. The van der Waals surface area contributed by atoms with Crippen LogP contribution in [0, 0.1) is 0 Å². The number of hydrogen-bond acceptors (Lipinski definition) is 4. The van der Waals surface area contributed by atoms with Crippen LogP contribution in [0.3, 0.4) is 0 Å². The van der Waals surface area contributed by atoms with E-state index in [0.717, 1.165) is 38.4 Å². The van der Waals surface area contributed by atoms with Crippen molar-refractivity contribution in [1.29, 1.82) is 0 Å². The molecule has 4 rings (SSSR count). The Hall–Kier alpha value is -3.22. The lowest BCUT2D eigenvalue weighted by atomic mass is 10.0. The van der Waals surface area contributed by atoms with Gasteiger partial charge in [0.1, 0.15) is 11.6 Å². The SMILES string of the molecule is COCn1c(-c2ccccc2)c(-c2ccccc2)c2sc(C(=O)O)c(C=O)c21. The summed E-state index contributed by atoms with van der Waals surface area (Å²) in [5, 5.41) is 9.60. The van der Waals surface area contributed by atoms with E-state index in [4.69, 9.17) is 4.74 Å². The van der Waals surface area contributed by atoms with Crippen LogP contribution in [-0.4, -0.2) is 29.0 Å². The minimum Gasteiger partial charge on any atom is -0.477 e. The predicted octanol–water partition coefficient (Wildman–Crippen LogP) is 5.15. The van der Waals surface area contributed by atoms with Crippen molar-refractivity contribution >= 4 is 33.8 Å². The van der Waals surface area contributed by atoms with Crippen LogP contribution in [0.2, 0.25) is 0 Å². The summed E-state index contributed by atoms with van der Waals surface area (Å²) in [7, 11) is 1.58. The van der Waals surface area contributed by atoms with Crippen molar-refractivity contribution in [3.63, 3.8) is 0 Å². The lowest BCUT2D eigenvalue weighted by Crippen LogP contribution is -2.05. The molecule has 0 aliphatic rings. The van der Waals surface area contributed by atoms with Crippen LogP contribution in [0.4, 0.5) is 0 Å². The molecule has 140 valence electrons. The summed E-state index contributed by atoms with van der Waals surface area (Å²) >= 11 is 1.13. The number of carboxylic acids is 1. The lowest BCUT2D eigenvalue weighted by molar-refractivity contribution is 0.0699. The molecule has 0 spiro atoms. The summed E-state index contributed by atoms with van der Waals surface area (Å²) in [6, 6.07) is 19.6. The largest absolute Gasteiger partial charge is 0.477 e. The second-order valence-corrected chi connectivity index (χ2v) is 7.27. The highest BCUT2D eigenvalue weighted by Crippen LogP contribution is 2.46. The van der Waals surface area contributed by atoms with Crippen molar-refractivity contribution in [2.24, 2.45) is 0 Å². The van der Waals surface area contributed by atoms with Crippen LogP contribution >= 0.6 is 11.3 Å². The van der Waals surface area contributed by atoms with Crippen molar-refractivity contribution < 1.29 is 19.4 Å². The van der Waals surface area contributed by atoms with Gasteiger partial charge in [-0.05, 0) is 11.1 Å². The number of carbonyl (C=O) groups excluding carboxylic acids is 1. The second-order valence-electron chi connectivity index (χ2n) is 6.25. The zero-order chi connectivity index (χ0) is 19.7. The fourth-order valence-corrected chi connectivity index (χ4v) is 4.70. The average Bonchev–Trinajstić information content (AvgIpc) is 3.24. The molecule has 0 aliphatic carbocycles. The fraction of sp³-hybridized carbons (Fsp3) is 0.0909. The van der Waals surface area contributed by atoms with Gasteiger partial charge in [-0.25, -0.2) is 4.79 Å². The molecule has 0 bridgehead atoms. The Morgan fingerprint density at radius 1 is 1.07 bits per heavy atom. The van der Waals surface area contributed by atoms with Gasteiger partial charge in [0.05, 0.1) is 21.5 Å². The molecule has 0 saturated carbocycles. The molecule has 2 aromatic carbocycles. The minimum atomic E-state index is -1.10. The quantitative estimate of drug-likeness (QED) is 0.462. The Labute approximate surface area is 165 Å². The zero-order valence-electron chi connectivity index (χ0n) is 15.1. The van der Waals surface area contributed by atoms with Gasteiger partial charge >= 0.3 is 5.97 Å². The van der Waals surface area contributed by atoms with Gasteiger partial charge in [0.25, 0.3) is 0 Å². The van der Waals surface area contributed by atoms with E-state index in [1.54, 1.807) is 7.11 Å². The van der Waals surface area contributed by atoms with E-state index in [1.807, 2.05) is 65.2 Å². The summed E-state index contributed by atoms with van der Waals surface area (Å²) < 4.78 is 8.07. The van der Waals surface area contributed by atoms with Crippen molar-refractivity contribution in [3.8, 4) is 22.4 Å². The highest BCUT2D eigenvalue weighted by Gasteiger charge is 2.28. The molecule has 0 atom stereocenters. The molecule has 0 unspecified atom stereocenters. The van der Waals surface area contributed by atoms with Gasteiger partial charge in [-0.1, -0.05) is 60.7 Å². The third-order valence-corrected chi connectivity index (χ3v) is 5.80. The number of rotatable bonds is 6. The number of carboxylic acid groups (broad SMARTS) is 1. The normalized spacial score (nSPS) is 11.0. The molecule has 0 fully saturated rings. The molecule has 6 heteroatoms. The van der Waals surface area contributed by atoms with Crippen molar-refractivity contribution in [2.45, 2.75) is 6.73 Å². The maximum absolute atomic E-state index is 11.8. The molecule has 5 nitrogen and oxygen atoms in total. The van der Waals surface area contributed by atoms with Gasteiger partial charge in [-0.2, -0.15) is 0 Å². The van der Waals surface area contributed by atoms with E-state index >= 15 is 0 Å². The summed E-state index contributed by atoms with van der Waals surface area (Å²) in [4.78, 5) is 23.6. The van der Waals surface area contributed by atoms with Crippen molar-refractivity contribution in [3.05, 3.63) is 71.1 Å². The number of thiophene rings is 1. The molecule has 4 aromatic rings. The molecule has 0 saturated heterocycles. The molecular weight excluding hydrogens is 374 g/mol. The Kier molecular flexibility index (Phi) is 4.81. The van der Waals surface area contributed by atoms with Crippen LogP contribution in [0.25, 0.3) is 32.6 Å². The average molecular weight is 391 g/mol. The van der Waals surface area contributed by atoms with Crippen LogP contribution in [0.5, 0.6) is 0 Å². The van der Waals surface area contributed by atoms with Crippen molar-refractivity contribution in [1.82, 2.24) is 4.57 Å². The van der Waals surface area contributed by atoms with Gasteiger partial charge < -0.3 is 14.4 Å². The smallest absolute Gasteiger partial charge is 0.346 e. The molecule has 2 aromatic heterocycles. The van der Waals surface area contributed by atoms with E-state index in [0.29, 0.717) is 11.8 Å².